The molecule has 0 radical (unpaired) electrons. The van der Waals surface area contributed by atoms with E-state index in [0.717, 1.165) is 37.7 Å². The molecule has 0 aromatic heterocycles. The van der Waals surface area contributed by atoms with E-state index in [1.807, 2.05) is 6.08 Å². The monoisotopic (exact) mass is 546 g/mol. The van der Waals surface area contributed by atoms with Crippen LogP contribution in [0, 0.1) is 22.7 Å². The number of hydrogen-bond acceptors (Lipinski definition) is 4. The van der Waals surface area contributed by atoms with Crippen molar-refractivity contribution in [2.45, 2.75) is 142 Å². The lowest BCUT2D eigenvalue weighted by Gasteiger charge is -2.58. The molecular weight excluding hydrogens is 493 g/mol. The van der Waals surface area contributed by atoms with Crippen molar-refractivity contribution >= 4 is 22.4 Å². The van der Waals surface area contributed by atoms with Crippen molar-refractivity contribution in [3.8, 4) is 0 Å². The number of rotatable bonds is 4. The number of hydrogen-bond donors (Lipinski definition) is 1. The van der Waals surface area contributed by atoms with Gasteiger partial charge < -0.3 is 14.0 Å². The second-order valence-corrected chi connectivity index (χ2v) is 25.6. The van der Waals surface area contributed by atoms with E-state index in [-0.39, 0.29) is 27.4 Å². The molecule has 4 aliphatic carbocycles. The summed E-state index contributed by atoms with van der Waals surface area (Å²) < 4.78 is 14.0. The SMILES string of the molecule is CC(C)(C)[Si](C)(C)O[C@H]1CC[C@@]2(C)C(=CC[C@H]3C4=C[C@@H](O)C(=O)[C@@]4(C)[C@H](O[Si](C)(C)C(C)(C)C)C[C@@H]32)C1. The van der Waals surface area contributed by atoms with Gasteiger partial charge in [0.25, 0.3) is 0 Å². The summed E-state index contributed by atoms with van der Waals surface area (Å²) in [6.45, 7) is 27.6. The third-order valence-corrected chi connectivity index (χ3v) is 20.8. The molecule has 0 bridgehead atoms. The Bertz CT molecular complexity index is 998. The molecule has 0 amide bonds. The van der Waals surface area contributed by atoms with E-state index in [1.54, 1.807) is 5.57 Å². The van der Waals surface area contributed by atoms with Crippen LogP contribution in [0.2, 0.25) is 36.3 Å². The fraction of sp³-hybridized carbons (Fsp3) is 0.839. The average Bonchev–Trinajstić information content (AvgIpc) is 2.97. The van der Waals surface area contributed by atoms with Crippen LogP contribution in [0.3, 0.4) is 0 Å². The van der Waals surface area contributed by atoms with Gasteiger partial charge in [-0.1, -0.05) is 65.7 Å². The summed E-state index contributed by atoms with van der Waals surface area (Å²) in [4.78, 5) is 13.5. The van der Waals surface area contributed by atoms with Gasteiger partial charge in [0, 0.05) is 6.10 Å². The lowest BCUT2D eigenvalue weighted by Crippen LogP contribution is -2.58. The van der Waals surface area contributed by atoms with Crippen LogP contribution in [-0.4, -0.2) is 45.8 Å². The van der Waals surface area contributed by atoms with Crippen molar-refractivity contribution < 1.29 is 18.8 Å². The molecule has 0 saturated heterocycles. The van der Waals surface area contributed by atoms with Crippen LogP contribution in [0.15, 0.2) is 23.3 Å². The zero-order valence-electron chi connectivity index (χ0n) is 25.7. The Balaban J connectivity index is 1.67. The average molecular weight is 547 g/mol. The molecule has 2 saturated carbocycles. The van der Waals surface area contributed by atoms with Gasteiger partial charge in [-0.15, -0.1) is 0 Å². The predicted molar refractivity (Wildman–Crippen MR) is 158 cm³/mol. The van der Waals surface area contributed by atoms with Gasteiger partial charge in [-0.2, -0.15) is 0 Å². The van der Waals surface area contributed by atoms with Crippen molar-refractivity contribution in [1.29, 1.82) is 0 Å². The van der Waals surface area contributed by atoms with Crippen LogP contribution in [0.1, 0.15) is 87.5 Å². The minimum absolute atomic E-state index is 0.0592. The minimum atomic E-state index is -2.12. The molecule has 2 fully saturated rings. The molecular formula is C31H54O4Si2. The van der Waals surface area contributed by atoms with Gasteiger partial charge in [-0.3, -0.25) is 4.79 Å². The number of carbonyl (C=O) groups excluding carboxylic acids is 1. The highest BCUT2D eigenvalue weighted by atomic mass is 28.4. The largest absolute Gasteiger partial charge is 0.414 e. The highest BCUT2D eigenvalue weighted by Crippen LogP contribution is 2.64. The Kier molecular flexibility index (Phi) is 7.15. The van der Waals surface area contributed by atoms with E-state index in [0.29, 0.717) is 17.9 Å². The third kappa shape index (κ3) is 4.65. The molecule has 7 atom stereocenters. The standard InChI is InChI=1S/C31H54O4Si2/c1-28(2,3)36(9,10)34-21-15-16-30(7)20(17-21)13-14-22-23(30)19-26(35-37(11,12)29(4,5)6)31(8)24(22)18-25(32)27(31)33/h13,18,21-23,25-26,32H,14-17,19H2,1-12H3/t21-,22+,23-,25+,26+,30-,31+/m0/s1. The Morgan fingerprint density at radius 3 is 2.11 bits per heavy atom. The second-order valence-electron chi connectivity index (χ2n) is 16.1. The number of aliphatic hydroxyl groups is 1. The second kappa shape index (κ2) is 8.99. The van der Waals surface area contributed by atoms with Crippen molar-refractivity contribution in [1.82, 2.24) is 0 Å². The molecule has 37 heavy (non-hydrogen) atoms. The Morgan fingerprint density at radius 2 is 1.54 bits per heavy atom. The molecule has 1 N–H and O–H groups in total. The number of ketones is 1. The van der Waals surface area contributed by atoms with Gasteiger partial charge in [-0.05, 0) is 98.6 Å². The summed E-state index contributed by atoms with van der Waals surface area (Å²) in [6.07, 6.45) is 8.59. The number of aliphatic hydroxyl groups excluding tert-OH is 1. The first-order valence-corrected chi connectivity index (χ1v) is 20.5. The zero-order valence-corrected chi connectivity index (χ0v) is 27.7. The summed E-state index contributed by atoms with van der Waals surface area (Å²) in [6, 6.07) is 0. The van der Waals surface area contributed by atoms with Crippen molar-refractivity contribution in [3.05, 3.63) is 23.3 Å². The molecule has 0 aromatic carbocycles. The lowest BCUT2D eigenvalue weighted by atomic mass is 9.49. The maximum Gasteiger partial charge on any atom is 0.192 e. The summed E-state index contributed by atoms with van der Waals surface area (Å²) >= 11 is 0. The molecule has 4 aliphatic rings. The van der Waals surface area contributed by atoms with Gasteiger partial charge in [0.15, 0.2) is 22.4 Å². The van der Waals surface area contributed by atoms with Crippen LogP contribution >= 0.6 is 0 Å². The number of allylic oxidation sites excluding steroid dienone is 1. The Morgan fingerprint density at radius 1 is 0.973 bits per heavy atom. The topological polar surface area (TPSA) is 55.8 Å². The van der Waals surface area contributed by atoms with E-state index >= 15 is 0 Å². The number of fused-ring (bicyclic) bond motifs is 5. The fourth-order valence-electron chi connectivity index (χ4n) is 7.17. The summed E-state index contributed by atoms with van der Waals surface area (Å²) in [5, 5.41) is 11.0. The third-order valence-electron chi connectivity index (χ3n) is 11.8. The van der Waals surface area contributed by atoms with E-state index in [1.165, 1.54) is 0 Å². The van der Waals surface area contributed by atoms with E-state index < -0.39 is 28.2 Å². The molecule has 6 heteroatoms. The molecule has 0 aromatic rings. The predicted octanol–water partition coefficient (Wildman–Crippen LogP) is 7.80. The van der Waals surface area contributed by atoms with Crippen molar-refractivity contribution in [2.75, 3.05) is 0 Å². The molecule has 4 rings (SSSR count). The first kappa shape index (κ1) is 29.4. The van der Waals surface area contributed by atoms with Crippen molar-refractivity contribution in [3.63, 3.8) is 0 Å². The van der Waals surface area contributed by atoms with Crippen LogP contribution in [0.4, 0.5) is 0 Å². The Hall–Kier alpha value is -0.536. The van der Waals surface area contributed by atoms with Crippen LogP contribution < -0.4 is 0 Å². The summed E-state index contributed by atoms with van der Waals surface area (Å²) in [7, 11) is -3.95. The molecule has 0 unspecified atom stereocenters. The molecule has 4 nitrogen and oxygen atoms in total. The van der Waals surface area contributed by atoms with E-state index in [2.05, 4.69) is 87.7 Å². The first-order chi connectivity index (χ1) is 16.6. The Labute approximate surface area is 228 Å². The van der Waals surface area contributed by atoms with Gasteiger partial charge in [0.05, 0.1) is 11.5 Å². The van der Waals surface area contributed by atoms with E-state index in [9.17, 15) is 9.90 Å². The van der Waals surface area contributed by atoms with Gasteiger partial charge in [0.1, 0.15) is 6.10 Å². The number of Topliss-reactive ketones (excluding diaryl/α,β-unsaturated/α-hetero) is 1. The molecule has 0 spiro atoms. The normalized spacial score (nSPS) is 38.9. The van der Waals surface area contributed by atoms with Crippen LogP contribution in [-0.2, 0) is 13.6 Å². The highest BCUT2D eigenvalue weighted by molar-refractivity contribution is 6.74. The van der Waals surface area contributed by atoms with Crippen LogP contribution in [0.5, 0.6) is 0 Å². The highest BCUT2D eigenvalue weighted by Gasteiger charge is 2.63. The maximum absolute atomic E-state index is 13.5. The summed E-state index contributed by atoms with van der Waals surface area (Å²) in [5.74, 6) is 0.668. The molecule has 0 aliphatic heterocycles. The summed E-state index contributed by atoms with van der Waals surface area (Å²) in [5.41, 5.74) is 2.08. The first-order valence-electron chi connectivity index (χ1n) is 14.6. The van der Waals surface area contributed by atoms with Gasteiger partial charge >= 0.3 is 0 Å². The van der Waals surface area contributed by atoms with Crippen LogP contribution in [0.25, 0.3) is 0 Å². The molecule has 210 valence electrons. The zero-order chi connectivity index (χ0) is 28.0. The van der Waals surface area contributed by atoms with Crippen molar-refractivity contribution in [2.24, 2.45) is 22.7 Å². The minimum Gasteiger partial charge on any atom is -0.414 e. The maximum atomic E-state index is 13.5. The lowest BCUT2D eigenvalue weighted by molar-refractivity contribution is -0.139. The quantitative estimate of drug-likeness (QED) is 0.289. The number of carbonyl (C=O) groups is 1. The molecule has 0 heterocycles. The van der Waals surface area contributed by atoms with E-state index in [4.69, 9.17) is 8.85 Å². The smallest absolute Gasteiger partial charge is 0.192 e. The fourth-order valence-corrected chi connectivity index (χ4v) is 9.95. The van der Waals surface area contributed by atoms with Gasteiger partial charge in [0.2, 0.25) is 0 Å². The van der Waals surface area contributed by atoms with Gasteiger partial charge in [-0.25, -0.2) is 0 Å².